The van der Waals surface area contributed by atoms with E-state index in [1.54, 1.807) is 4.68 Å². The van der Waals surface area contributed by atoms with Gasteiger partial charge in [-0.25, -0.2) is 9.48 Å². The molecule has 0 radical (unpaired) electrons. The lowest BCUT2D eigenvalue weighted by atomic mass is 9.96. The third-order valence-corrected chi connectivity index (χ3v) is 5.30. The number of rotatable bonds is 7. The molecule has 2 heterocycles. The average Bonchev–Trinajstić information content (AvgIpc) is 3.24. The van der Waals surface area contributed by atoms with Crippen LogP contribution in [0.1, 0.15) is 43.0 Å². The molecule has 1 unspecified atom stereocenters. The van der Waals surface area contributed by atoms with Gasteiger partial charge >= 0.3 is 5.97 Å². The summed E-state index contributed by atoms with van der Waals surface area (Å²) in [5, 5.41) is 7.49. The molecule has 1 aromatic heterocycles. The van der Waals surface area contributed by atoms with Crippen LogP contribution in [-0.2, 0) is 16.1 Å². The Hall–Kier alpha value is -3.61. The van der Waals surface area contributed by atoms with Gasteiger partial charge in [0.05, 0.1) is 12.2 Å². The summed E-state index contributed by atoms with van der Waals surface area (Å²) in [4.78, 5) is 17.1. The number of anilines is 1. The molecule has 1 N–H and O–H groups in total. The van der Waals surface area contributed by atoms with Gasteiger partial charge in [-0.1, -0.05) is 43.3 Å². The Balaban J connectivity index is 1.59. The van der Waals surface area contributed by atoms with E-state index < -0.39 is 6.04 Å². The van der Waals surface area contributed by atoms with Crippen molar-refractivity contribution in [1.29, 1.82) is 0 Å². The summed E-state index contributed by atoms with van der Waals surface area (Å²) in [6.07, 6.45) is 2.24. The van der Waals surface area contributed by atoms with Crippen LogP contribution in [-0.4, -0.2) is 27.3 Å². The predicted octanol–water partition coefficient (Wildman–Crippen LogP) is 4.41. The summed E-state index contributed by atoms with van der Waals surface area (Å²) in [5.41, 5.74) is 4.49. The molecule has 0 aliphatic carbocycles. The van der Waals surface area contributed by atoms with Crippen molar-refractivity contribution >= 4 is 11.9 Å². The summed E-state index contributed by atoms with van der Waals surface area (Å²) >= 11 is 0. The van der Waals surface area contributed by atoms with Gasteiger partial charge in [0, 0.05) is 5.70 Å². The Kier molecular flexibility index (Phi) is 6.02. The molecule has 1 aliphatic rings. The highest BCUT2D eigenvalue weighted by Gasteiger charge is 2.34. The third kappa shape index (κ3) is 4.30. The second-order valence-corrected chi connectivity index (χ2v) is 7.51. The number of hydrogen-bond acceptors (Lipinski definition) is 6. The minimum absolute atomic E-state index is 0.349. The monoisotopic (exact) mass is 418 g/mol. The maximum absolute atomic E-state index is 12.8. The van der Waals surface area contributed by atoms with Crippen LogP contribution in [0.3, 0.4) is 0 Å². The van der Waals surface area contributed by atoms with Crippen LogP contribution in [0.2, 0.25) is 0 Å². The normalized spacial score (nSPS) is 15.3. The largest absolute Gasteiger partial charge is 0.489 e. The number of ether oxygens (including phenoxy) is 2. The van der Waals surface area contributed by atoms with Gasteiger partial charge in [0.25, 0.3) is 0 Å². The number of benzene rings is 2. The molecular weight excluding hydrogens is 392 g/mol. The lowest BCUT2D eigenvalue weighted by Crippen LogP contribution is -2.29. The number of fused-ring (bicyclic) bond motifs is 1. The summed E-state index contributed by atoms with van der Waals surface area (Å²) in [6, 6.07) is 15.5. The first-order valence-electron chi connectivity index (χ1n) is 10.4. The van der Waals surface area contributed by atoms with Gasteiger partial charge in [0.15, 0.2) is 0 Å². The number of hydrogen-bond donors (Lipinski definition) is 1. The van der Waals surface area contributed by atoms with Crippen molar-refractivity contribution in [2.45, 2.75) is 39.8 Å². The molecule has 0 spiro atoms. The van der Waals surface area contributed by atoms with Crippen LogP contribution in [0.4, 0.5) is 5.95 Å². The molecule has 160 valence electrons. The molecule has 7 heteroatoms. The summed E-state index contributed by atoms with van der Waals surface area (Å²) < 4.78 is 13.1. The highest BCUT2D eigenvalue weighted by molar-refractivity contribution is 5.92. The molecule has 3 aromatic rings. The van der Waals surface area contributed by atoms with Gasteiger partial charge in [-0.05, 0) is 49.1 Å². The number of esters is 1. The van der Waals surface area contributed by atoms with Crippen LogP contribution in [0.25, 0.3) is 0 Å². The first kappa shape index (κ1) is 20.7. The molecule has 0 saturated carbocycles. The minimum Gasteiger partial charge on any atom is -0.489 e. The van der Waals surface area contributed by atoms with Crippen LogP contribution in [0, 0.1) is 6.92 Å². The summed E-state index contributed by atoms with van der Waals surface area (Å²) in [7, 11) is 0. The fraction of sp³-hybridized carbons (Fsp3) is 0.292. The zero-order valence-corrected chi connectivity index (χ0v) is 18.0. The van der Waals surface area contributed by atoms with Gasteiger partial charge in [-0.15, -0.1) is 0 Å². The fourth-order valence-corrected chi connectivity index (χ4v) is 3.62. The first-order chi connectivity index (χ1) is 15.1. The Morgan fingerprint density at radius 1 is 1.13 bits per heavy atom. The van der Waals surface area contributed by atoms with E-state index in [-0.39, 0.29) is 5.97 Å². The van der Waals surface area contributed by atoms with Crippen molar-refractivity contribution in [3.63, 3.8) is 0 Å². The van der Waals surface area contributed by atoms with Crippen LogP contribution in [0.5, 0.6) is 5.75 Å². The van der Waals surface area contributed by atoms with E-state index in [1.807, 2.05) is 50.2 Å². The van der Waals surface area contributed by atoms with Gasteiger partial charge in [0.2, 0.25) is 5.95 Å². The lowest BCUT2D eigenvalue weighted by Gasteiger charge is -2.28. The lowest BCUT2D eigenvalue weighted by molar-refractivity contribution is -0.139. The number of allylic oxidation sites excluding steroid dienone is 1. The van der Waals surface area contributed by atoms with E-state index in [0.717, 1.165) is 23.3 Å². The molecule has 1 atom stereocenters. The highest BCUT2D eigenvalue weighted by Crippen LogP contribution is 2.35. The van der Waals surface area contributed by atoms with Crippen molar-refractivity contribution < 1.29 is 14.3 Å². The summed E-state index contributed by atoms with van der Waals surface area (Å²) in [6.45, 7) is 6.77. The maximum Gasteiger partial charge on any atom is 0.338 e. The first-order valence-corrected chi connectivity index (χ1v) is 10.4. The standard InChI is InChI=1S/C24H26N4O3/c1-4-13-30-23(29)21-17(3)27-24-25-15-26-28(24)22(21)18-9-11-20(12-10-18)31-14-19-8-6-5-7-16(19)2/h5-12,15,22H,4,13-14H2,1-3H3,(H,25,26,27). The summed E-state index contributed by atoms with van der Waals surface area (Å²) in [5.74, 6) is 1.00. The Morgan fingerprint density at radius 2 is 1.90 bits per heavy atom. The van der Waals surface area contributed by atoms with E-state index in [2.05, 4.69) is 34.5 Å². The molecule has 31 heavy (non-hydrogen) atoms. The van der Waals surface area contributed by atoms with Crippen molar-refractivity contribution in [1.82, 2.24) is 14.8 Å². The minimum atomic E-state index is -0.423. The molecule has 0 amide bonds. The number of nitrogens with one attached hydrogen (secondary N) is 1. The van der Waals surface area contributed by atoms with Crippen LogP contribution in [0.15, 0.2) is 66.1 Å². The maximum atomic E-state index is 12.8. The van der Waals surface area contributed by atoms with Crippen molar-refractivity contribution in [2.24, 2.45) is 0 Å². The molecular formula is C24H26N4O3. The third-order valence-electron chi connectivity index (χ3n) is 5.30. The van der Waals surface area contributed by atoms with E-state index in [1.165, 1.54) is 11.9 Å². The van der Waals surface area contributed by atoms with Gasteiger partial charge in [-0.3, -0.25) is 0 Å². The number of carbonyl (C=O) groups excluding carboxylic acids is 1. The van der Waals surface area contributed by atoms with Crippen molar-refractivity contribution in [3.05, 3.63) is 82.8 Å². The molecule has 0 fully saturated rings. The zero-order chi connectivity index (χ0) is 21.8. The molecule has 2 aromatic carbocycles. The molecule has 0 saturated heterocycles. The fourth-order valence-electron chi connectivity index (χ4n) is 3.62. The Bertz CT molecular complexity index is 1100. The number of nitrogens with zero attached hydrogens (tertiary/aromatic N) is 3. The number of aromatic nitrogens is 3. The smallest absolute Gasteiger partial charge is 0.338 e. The average molecular weight is 418 g/mol. The Labute approximate surface area is 181 Å². The molecule has 7 nitrogen and oxygen atoms in total. The highest BCUT2D eigenvalue weighted by atomic mass is 16.5. The van der Waals surface area contributed by atoms with Gasteiger partial charge in [0.1, 0.15) is 24.7 Å². The van der Waals surface area contributed by atoms with E-state index >= 15 is 0 Å². The van der Waals surface area contributed by atoms with Crippen LogP contribution >= 0.6 is 0 Å². The van der Waals surface area contributed by atoms with Crippen LogP contribution < -0.4 is 10.1 Å². The van der Waals surface area contributed by atoms with E-state index in [9.17, 15) is 4.79 Å². The van der Waals surface area contributed by atoms with E-state index in [4.69, 9.17) is 9.47 Å². The predicted molar refractivity (Wildman–Crippen MR) is 118 cm³/mol. The van der Waals surface area contributed by atoms with Gasteiger partial charge in [-0.2, -0.15) is 10.1 Å². The zero-order valence-electron chi connectivity index (χ0n) is 18.0. The van der Waals surface area contributed by atoms with Gasteiger partial charge < -0.3 is 14.8 Å². The number of aryl methyl sites for hydroxylation is 1. The second kappa shape index (κ2) is 9.04. The molecule has 4 rings (SSSR count). The Morgan fingerprint density at radius 3 is 2.65 bits per heavy atom. The SMILES string of the molecule is CCCOC(=O)C1=C(C)Nc2ncnn2C1c1ccc(OCc2ccccc2C)cc1. The van der Waals surface area contributed by atoms with E-state index in [0.29, 0.717) is 30.4 Å². The molecule has 1 aliphatic heterocycles. The molecule has 0 bridgehead atoms. The van der Waals surface area contributed by atoms with Crippen molar-refractivity contribution in [3.8, 4) is 5.75 Å². The quantitative estimate of drug-likeness (QED) is 0.573. The second-order valence-electron chi connectivity index (χ2n) is 7.51. The topological polar surface area (TPSA) is 78.3 Å². The number of carbonyl (C=O) groups is 1. The van der Waals surface area contributed by atoms with Crippen molar-refractivity contribution in [2.75, 3.05) is 11.9 Å².